The second-order valence-electron chi connectivity index (χ2n) is 6.60. The molecule has 1 fully saturated rings. The first kappa shape index (κ1) is 17.1. The number of aromatic nitrogens is 1. The van der Waals surface area contributed by atoms with Gasteiger partial charge in [0.1, 0.15) is 6.10 Å². The molecule has 0 aliphatic carbocycles. The fourth-order valence-corrected chi connectivity index (χ4v) is 3.45. The second kappa shape index (κ2) is 7.50. The van der Waals surface area contributed by atoms with Crippen molar-refractivity contribution in [3.8, 4) is 17.0 Å². The Balaban J connectivity index is 1.56. The number of hydrogen-bond acceptors (Lipinski definition) is 4. The molecule has 5 heteroatoms. The summed E-state index contributed by atoms with van der Waals surface area (Å²) >= 11 is 0. The van der Waals surface area contributed by atoms with Crippen LogP contribution in [0.2, 0.25) is 0 Å². The van der Waals surface area contributed by atoms with Crippen LogP contribution in [0.1, 0.15) is 16.8 Å². The molecule has 2 aromatic carbocycles. The Bertz CT molecular complexity index is 929. The van der Waals surface area contributed by atoms with Gasteiger partial charge in [0.05, 0.1) is 12.1 Å². The molecule has 1 atom stereocenters. The molecular weight excluding hydrogens is 338 g/mol. The summed E-state index contributed by atoms with van der Waals surface area (Å²) in [5.41, 5.74) is 9.11. The first-order chi connectivity index (χ1) is 13.2. The molecule has 1 saturated heterocycles. The van der Waals surface area contributed by atoms with Crippen molar-refractivity contribution in [1.82, 2.24) is 4.98 Å². The lowest BCUT2D eigenvalue weighted by Gasteiger charge is -2.22. The van der Waals surface area contributed by atoms with E-state index >= 15 is 0 Å². The first-order valence-corrected chi connectivity index (χ1v) is 9.02. The minimum atomic E-state index is -0.420. The summed E-state index contributed by atoms with van der Waals surface area (Å²) < 4.78 is 5.95. The number of rotatable bonds is 5. The average molecular weight is 359 g/mol. The smallest absolute Gasteiger partial charge is 0.250 e. The van der Waals surface area contributed by atoms with Gasteiger partial charge < -0.3 is 15.4 Å². The predicted molar refractivity (Wildman–Crippen MR) is 106 cm³/mol. The summed E-state index contributed by atoms with van der Waals surface area (Å²) in [5.74, 6) is 0.204. The van der Waals surface area contributed by atoms with Crippen molar-refractivity contribution < 1.29 is 9.53 Å². The largest absolute Gasteiger partial charge is 0.472 e. The van der Waals surface area contributed by atoms with Gasteiger partial charge in [-0.2, -0.15) is 0 Å². The molecule has 1 amide bonds. The van der Waals surface area contributed by atoms with Crippen molar-refractivity contribution >= 4 is 11.6 Å². The zero-order valence-corrected chi connectivity index (χ0v) is 14.9. The molecule has 1 aromatic heterocycles. The van der Waals surface area contributed by atoms with E-state index in [2.05, 4.69) is 9.88 Å². The predicted octanol–water partition coefficient (Wildman–Crippen LogP) is 3.51. The molecule has 0 spiro atoms. The number of amides is 1. The van der Waals surface area contributed by atoms with Crippen LogP contribution in [0.5, 0.6) is 5.88 Å². The van der Waals surface area contributed by atoms with E-state index in [-0.39, 0.29) is 6.10 Å². The van der Waals surface area contributed by atoms with Crippen molar-refractivity contribution in [3.05, 3.63) is 78.5 Å². The normalized spacial score (nSPS) is 16.3. The van der Waals surface area contributed by atoms with Gasteiger partial charge in [0, 0.05) is 30.9 Å². The molecule has 2 N–H and O–H groups in total. The van der Waals surface area contributed by atoms with E-state index in [1.165, 1.54) is 0 Å². The number of carbonyl (C=O) groups excluding carboxylic acids is 1. The van der Waals surface area contributed by atoms with Gasteiger partial charge in [-0.25, -0.2) is 4.98 Å². The third kappa shape index (κ3) is 3.77. The standard InChI is InChI=1S/C22H21N3O2/c23-22(26)19-14-17(16-6-2-1-3-7-16)9-10-20(19)25-13-11-18(15-25)27-21-8-4-5-12-24-21/h1-10,12,14,18H,11,13,15H2,(H2,23,26)/t18-/m1/s1. The fourth-order valence-electron chi connectivity index (χ4n) is 3.45. The summed E-state index contributed by atoms with van der Waals surface area (Å²) in [4.78, 5) is 18.5. The van der Waals surface area contributed by atoms with Crippen LogP contribution in [0.4, 0.5) is 5.69 Å². The molecule has 5 nitrogen and oxygen atoms in total. The maximum absolute atomic E-state index is 12.1. The van der Waals surface area contributed by atoms with Crippen molar-refractivity contribution in [2.45, 2.75) is 12.5 Å². The third-order valence-corrected chi connectivity index (χ3v) is 4.78. The zero-order chi connectivity index (χ0) is 18.6. The minimum Gasteiger partial charge on any atom is -0.472 e. The van der Waals surface area contributed by atoms with E-state index in [0.717, 1.165) is 29.8 Å². The van der Waals surface area contributed by atoms with Crippen LogP contribution in [-0.4, -0.2) is 30.1 Å². The topological polar surface area (TPSA) is 68.5 Å². The van der Waals surface area contributed by atoms with Crippen molar-refractivity contribution in [3.63, 3.8) is 0 Å². The fraction of sp³-hybridized carbons (Fsp3) is 0.182. The van der Waals surface area contributed by atoms with Crippen LogP contribution in [0.3, 0.4) is 0 Å². The van der Waals surface area contributed by atoms with Gasteiger partial charge in [-0.05, 0) is 29.3 Å². The van der Waals surface area contributed by atoms with Gasteiger partial charge >= 0.3 is 0 Å². The summed E-state index contributed by atoms with van der Waals surface area (Å²) in [6.07, 6.45) is 2.62. The van der Waals surface area contributed by atoms with E-state index in [9.17, 15) is 4.79 Å². The van der Waals surface area contributed by atoms with Gasteiger partial charge in [-0.1, -0.05) is 42.5 Å². The highest BCUT2D eigenvalue weighted by atomic mass is 16.5. The lowest BCUT2D eigenvalue weighted by molar-refractivity contribution is 0.100. The Hall–Kier alpha value is -3.34. The molecule has 0 radical (unpaired) electrons. The molecule has 1 aliphatic heterocycles. The van der Waals surface area contributed by atoms with Crippen LogP contribution in [0.25, 0.3) is 11.1 Å². The molecule has 2 heterocycles. The Morgan fingerprint density at radius 2 is 1.85 bits per heavy atom. The maximum atomic E-state index is 12.1. The quantitative estimate of drug-likeness (QED) is 0.757. The van der Waals surface area contributed by atoms with E-state index < -0.39 is 5.91 Å². The number of carbonyl (C=O) groups is 1. The highest BCUT2D eigenvalue weighted by molar-refractivity contribution is 6.00. The highest BCUT2D eigenvalue weighted by Crippen LogP contribution is 2.30. The van der Waals surface area contributed by atoms with Gasteiger partial charge in [0.15, 0.2) is 0 Å². The van der Waals surface area contributed by atoms with Crippen LogP contribution in [-0.2, 0) is 0 Å². The van der Waals surface area contributed by atoms with E-state index in [4.69, 9.17) is 10.5 Å². The summed E-state index contributed by atoms with van der Waals surface area (Å²) in [5, 5.41) is 0. The average Bonchev–Trinajstić information content (AvgIpc) is 3.17. The Morgan fingerprint density at radius 3 is 2.59 bits per heavy atom. The molecule has 136 valence electrons. The third-order valence-electron chi connectivity index (χ3n) is 4.78. The highest BCUT2D eigenvalue weighted by Gasteiger charge is 2.27. The number of ether oxygens (including phenoxy) is 1. The molecular formula is C22H21N3O2. The van der Waals surface area contributed by atoms with Crippen molar-refractivity contribution in [1.29, 1.82) is 0 Å². The number of nitrogens with zero attached hydrogens (tertiary/aromatic N) is 2. The van der Waals surface area contributed by atoms with Crippen LogP contribution < -0.4 is 15.4 Å². The summed E-state index contributed by atoms with van der Waals surface area (Å²) in [6.45, 7) is 1.50. The van der Waals surface area contributed by atoms with Crippen LogP contribution >= 0.6 is 0 Å². The molecule has 3 aromatic rings. The lowest BCUT2D eigenvalue weighted by Crippen LogP contribution is -2.27. The molecule has 1 aliphatic rings. The zero-order valence-electron chi connectivity index (χ0n) is 14.9. The van der Waals surface area contributed by atoms with Crippen LogP contribution in [0, 0.1) is 0 Å². The maximum Gasteiger partial charge on any atom is 0.250 e. The van der Waals surface area contributed by atoms with E-state index in [1.807, 2.05) is 66.7 Å². The van der Waals surface area contributed by atoms with Gasteiger partial charge in [0.25, 0.3) is 5.91 Å². The first-order valence-electron chi connectivity index (χ1n) is 9.02. The van der Waals surface area contributed by atoms with Crippen molar-refractivity contribution in [2.24, 2.45) is 5.73 Å². The second-order valence-corrected chi connectivity index (χ2v) is 6.60. The lowest BCUT2D eigenvalue weighted by atomic mass is 10.0. The van der Waals surface area contributed by atoms with Crippen molar-refractivity contribution in [2.75, 3.05) is 18.0 Å². The number of primary amides is 1. The number of benzene rings is 2. The van der Waals surface area contributed by atoms with Gasteiger partial charge in [-0.15, -0.1) is 0 Å². The molecule has 27 heavy (non-hydrogen) atoms. The summed E-state index contributed by atoms with van der Waals surface area (Å²) in [7, 11) is 0. The Kier molecular flexibility index (Phi) is 4.75. The van der Waals surface area contributed by atoms with Crippen LogP contribution in [0.15, 0.2) is 72.9 Å². The minimum absolute atomic E-state index is 0.0365. The molecule has 4 rings (SSSR count). The SMILES string of the molecule is NC(=O)c1cc(-c2ccccc2)ccc1N1CC[C@@H](Oc2ccccn2)C1. The van der Waals surface area contributed by atoms with Gasteiger partial charge in [-0.3, -0.25) is 4.79 Å². The van der Waals surface area contributed by atoms with Gasteiger partial charge in [0.2, 0.25) is 5.88 Å². The number of pyridine rings is 1. The monoisotopic (exact) mass is 359 g/mol. The molecule has 0 saturated carbocycles. The Morgan fingerprint density at radius 1 is 1.04 bits per heavy atom. The molecule has 0 unspecified atom stereocenters. The number of anilines is 1. The number of nitrogens with two attached hydrogens (primary N) is 1. The number of hydrogen-bond donors (Lipinski definition) is 1. The van der Waals surface area contributed by atoms with E-state index in [1.54, 1.807) is 6.20 Å². The van der Waals surface area contributed by atoms with E-state index in [0.29, 0.717) is 18.0 Å². The molecule has 0 bridgehead atoms. The summed E-state index contributed by atoms with van der Waals surface area (Å²) in [6, 6.07) is 21.5. The Labute approximate surface area is 158 Å².